The van der Waals surface area contributed by atoms with Crippen LogP contribution in [0.3, 0.4) is 0 Å². The summed E-state index contributed by atoms with van der Waals surface area (Å²) in [6.07, 6.45) is 2.77. The molecule has 0 unspecified atom stereocenters. The van der Waals surface area contributed by atoms with Crippen LogP contribution in [0.1, 0.15) is 44.0 Å². The van der Waals surface area contributed by atoms with Gasteiger partial charge in [-0.25, -0.2) is 4.98 Å². The Balaban J connectivity index is 1.83. The topological polar surface area (TPSA) is 90.0 Å². The molecule has 0 aliphatic rings. The lowest BCUT2D eigenvalue weighted by molar-refractivity contribution is 0.0912. The lowest BCUT2D eigenvalue weighted by Gasteiger charge is -2.16. The molecular formula is C21H22Cl2N4O2. The van der Waals surface area contributed by atoms with Crippen LogP contribution in [-0.4, -0.2) is 33.6 Å². The van der Waals surface area contributed by atoms with Crippen molar-refractivity contribution in [3.05, 3.63) is 70.1 Å². The van der Waals surface area contributed by atoms with E-state index in [1.54, 1.807) is 24.3 Å². The van der Waals surface area contributed by atoms with E-state index in [1.165, 1.54) is 24.5 Å². The maximum absolute atomic E-state index is 12.8. The monoisotopic (exact) mass is 438 g/mol. The number of amides is 1. The Morgan fingerprint density at radius 2 is 2.14 bits per heavy atom. The molecule has 4 N–H and O–H groups in total. The van der Waals surface area contributed by atoms with E-state index in [0.717, 1.165) is 0 Å². The molecule has 1 amide bonds. The van der Waals surface area contributed by atoms with Crippen LogP contribution < -0.4 is 10.6 Å². The van der Waals surface area contributed by atoms with Crippen LogP contribution in [0.25, 0.3) is 11.1 Å². The van der Waals surface area contributed by atoms with Gasteiger partial charge in [-0.05, 0) is 43.5 Å². The van der Waals surface area contributed by atoms with E-state index in [1.807, 2.05) is 0 Å². The number of benzene rings is 1. The van der Waals surface area contributed by atoms with Crippen molar-refractivity contribution in [1.29, 1.82) is 0 Å². The number of halogens is 2. The van der Waals surface area contributed by atoms with E-state index < -0.39 is 31.7 Å². The first kappa shape index (κ1) is 14.4. The third kappa shape index (κ3) is 5.29. The Morgan fingerprint density at radius 3 is 2.86 bits per heavy atom. The number of nitrogens with zero attached hydrogens (tertiary/aromatic N) is 1. The van der Waals surface area contributed by atoms with E-state index in [-0.39, 0.29) is 23.1 Å². The van der Waals surface area contributed by atoms with E-state index >= 15 is 0 Å². The van der Waals surface area contributed by atoms with Crippen molar-refractivity contribution in [3.8, 4) is 11.1 Å². The van der Waals surface area contributed by atoms with Gasteiger partial charge in [0, 0.05) is 42.8 Å². The first-order valence-electron chi connectivity index (χ1n) is 11.6. The first-order chi connectivity index (χ1) is 16.3. The SMILES string of the molecule is [2H]C([2H])([2H])C(Nc1cc(-c2c[nH]c(C(=O)N[C@H](CO)c3cccc(Cl)c3)c2)c(Cl)cn1)C([2H])([2H])[2H]. The van der Waals surface area contributed by atoms with Crippen molar-refractivity contribution in [3.63, 3.8) is 0 Å². The number of aliphatic hydroxyl groups excluding tert-OH is 1. The molecule has 3 aromatic rings. The number of hydrogen-bond acceptors (Lipinski definition) is 4. The highest BCUT2D eigenvalue weighted by molar-refractivity contribution is 6.33. The Kier molecular flexibility index (Phi) is 4.63. The number of aliphatic hydroxyl groups is 1. The maximum Gasteiger partial charge on any atom is 0.268 e. The quantitative estimate of drug-likeness (QED) is 0.431. The maximum atomic E-state index is 12.8. The molecule has 152 valence electrons. The number of anilines is 1. The second kappa shape index (κ2) is 9.31. The Labute approximate surface area is 187 Å². The molecule has 1 atom stereocenters. The smallest absolute Gasteiger partial charge is 0.268 e. The molecule has 29 heavy (non-hydrogen) atoms. The van der Waals surface area contributed by atoms with E-state index in [2.05, 4.69) is 20.6 Å². The number of carbonyl (C=O) groups excluding carboxylic acids is 1. The fraction of sp³-hybridized carbons (Fsp3) is 0.238. The summed E-state index contributed by atoms with van der Waals surface area (Å²) in [5.41, 5.74) is 1.67. The highest BCUT2D eigenvalue weighted by atomic mass is 35.5. The summed E-state index contributed by atoms with van der Waals surface area (Å²) in [5.74, 6) is -0.501. The third-order valence-corrected chi connectivity index (χ3v) is 4.66. The Morgan fingerprint density at radius 1 is 1.31 bits per heavy atom. The third-order valence-electron chi connectivity index (χ3n) is 4.13. The van der Waals surface area contributed by atoms with Gasteiger partial charge in [-0.15, -0.1) is 0 Å². The Bertz CT molecular complexity index is 1190. The summed E-state index contributed by atoms with van der Waals surface area (Å²) in [5, 5.41) is 15.6. The molecule has 0 spiro atoms. The molecule has 2 aromatic heterocycles. The minimum Gasteiger partial charge on any atom is -0.394 e. The zero-order valence-electron chi connectivity index (χ0n) is 21.0. The fourth-order valence-corrected chi connectivity index (χ4v) is 3.17. The van der Waals surface area contributed by atoms with Gasteiger partial charge in [0.05, 0.1) is 17.7 Å². The van der Waals surface area contributed by atoms with Gasteiger partial charge in [-0.3, -0.25) is 4.79 Å². The normalized spacial score (nSPS) is 16.0. The van der Waals surface area contributed by atoms with Gasteiger partial charge in [-0.1, -0.05) is 35.3 Å². The van der Waals surface area contributed by atoms with Gasteiger partial charge < -0.3 is 20.7 Å². The highest BCUT2D eigenvalue weighted by Gasteiger charge is 2.18. The van der Waals surface area contributed by atoms with E-state index in [4.69, 9.17) is 31.4 Å². The van der Waals surface area contributed by atoms with Crippen molar-refractivity contribution >= 4 is 34.9 Å². The van der Waals surface area contributed by atoms with Crippen molar-refractivity contribution < 1.29 is 18.1 Å². The lowest BCUT2D eigenvalue weighted by Crippen LogP contribution is -2.31. The van der Waals surface area contributed by atoms with Crippen molar-refractivity contribution in [2.24, 2.45) is 0 Å². The van der Waals surface area contributed by atoms with Crippen LogP contribution >= 0.6 is 23.2 Å². The summed E-state index contributed by atoms with van der Waals surface area (Å²) in [6.45, 7) is -5.96. The summed E-state index contributed by atoms with van der Waals surface area (Å²) in [6, 6.07) is 7.14. The van der Waals surface area contributed by atoms with Gasteiger partial charge in [0.15, 0.2) is 0 Å². The average molecular weight is 439 g/mol. The number of aromatic nitrogens is 2. The van der Waals surface area contributed by atoms with Crippen LogP contribution in [0.4, 0.5) is 5.82 Å². The number of rotatable bonds is 7. The van der Waals surface area contributed by atoms with Gasteiger partial charge in [0.25, 0.3) is 5.91 Å². The standard InChI is InChI=1S/C21H22Cl2N4O2/c1-12(2)26-20-8-16(17(23)10-25-20)14-7-18(24-9-14)21(29)27-19(11-28)13-4-3-5-15(22)6-13/h3-10,12,19,24,28H,11H2,1-2H3,(H,25,26)(H,27,29)/t19-/m1/s1/i1D3,2D3. The van der Waals surface area contributed by atoms with Crippen molar-refractivity contribution in [2.45, 2.75) is 25.8 Å². The van der Waals surface area contributed by atoms with Gasteiger partial charge in [-0.2, -0.15) is 0 Å². The summed E-state index contributed by atoms with van der Waals surface area (Å²) in [4.78, 5) is 19.6. The molecule has 0 saturated carbocycles. The van der Waals surface area contributed by atoms with Gasteiger partial charge in [0.1, 0.15) is 11.5 Å². The molecular weight excluding hydrogens is 411 g/mol. The van der Waals surface area contributed by atoms with Crippen LogP contribution in [0.2, 0.25) is 10.0 Å². The summed E-state index contributed by atoms with van der Waals surface area (Å²) < 4.78 is 45.2. The molecule has 0 aliphatic carbocycles. The van der Waals surface area contributed by atoms with Crippen LogP contribution in [-0.2, 0) is 0 Å². The van der Waals surface area contributed by atoms with Crippen molar-refractivity contribution in [2.75, 3.05) is 11.9 Å². The number of aromatic amines is 1. The molecule has 6 nitrogen and oxygen atoms in total. The Hall–Kier alpha value is -2.54. The number of pyridine rings is 1. The molecule has 0 bridgehead atoms. The van der Waals surface area contributed by atoms with Crippen molar-refractivity contribution in [1.82, 2.24) is 15.3 Å². The zero-order valence-corrected chi connectivity index (χ0v) is 16.6. The van der Waals surface area contributed by atoms with Gasteiger partial charge in [0.2, 0.25) is 0 Å². The lowest BCUT2D eigenvalue weighted by atomic mass is 10.1. The molecule has 3 rings (SSSR count). The largest absolute Gasteiger partial charge is 0.394 e. The first-order valence-corrected chi connectivity index (χ1v) is 9.33. The van der Waals surface area contributed by atoms with E-state index in [0.29, 0.717) is 21.7 Å². The molecule has 8 heteroatoms. The zero-order chi connectivity index (χ0) is 26.0. The minimum atomic E-state index is -2.81. The summed E-state index contributed by atoms with van der Waals surface area (Å²) >= 11 is 12.3. The predicted octanol–water partition coefficient (Wildman–Crippen LogP) is 4.67. The van der Waals surface area contributed by atoms with Crippen LogP contribution in [0.5, 0.6) is 0 Å². The number of H-pyrrole nitrogens is 1. The number of nitrogens with one attached hydrogen (secondary N) is 3. The molecule has 1 aromatic carbocycles. The average Bonchev–Trinajstić information content (AvgIpc) is 3.25. The molecule has 2 heterocycles. The second-order valence-electron chi connectivity index (χ2n) is 6.19. The second-order valence-corrected chi connectivity index (χ2v) is 7.04. The number of hydrogen-bond donors (Lipinski definition) is 4. The van der Waals surface area contributed by atoms with Gasteiger partial charge >= 0.3 is 0 Å². The molecule has 0 aliphatic heterocycles. The van der Waals surface area contributed by atoms with Crippen LogP contribution in [0.15, 0.2) is 48.8 Å². The highest BCUT2D eigenvalue weighted by Crippen LogP contribution is 2.30. The number of carbonyl (C=O) groups is 1. The van der Waals surface area contributed by atoms with E-state index in [9.17, 15) is 9.90 Å². The molecule has 0 saturated heterocycles. The molecule has 0 fully saturated rings. The summed E-state index contributed by atoms with van der Waals surface area (Å²) in [7, 11) is 0. The van der Waals surface area contributed by atoms with Crippen LogP contribution in [0, 0.1) is 0 Å². The minimum absolute atomic E-state index is 0.00449. The fourth-order valence-electron chi connectivity index (χ4n) is 2.76. The molecule has 0 radical (unpaired) electrons. The predicted molar refractivity (Wildman–Crippen MR) is 117 cm³/mol.